The summed E-state index contributed by atoms with van der Waals surface area (Å²) in [4.78, 5) is 12.1. The molecule has 0 saturated heterocycles. The second-order valence-electron chi connectivity index (χ2n) is 4.66. The van der Waals surface area contributed by atoms with Gasteiger partial charge >= 0.3 is 0 Å². The first kappa shape index (κ1) is 15.1. The standard InChI is InChI=1S/C15H19N3O3/c1-4-21-14-6-5-12(8-11(14)9-19)16-15(20)13-7-10(2)18(3)17-13/h5-8,19H,4,9H2,1-3H3,(H,16,20). The van der Waals surface area contributed by atoms with Crippen LogP contribution < -0.4 is 10.1 Å². The number of ether oxygens (including phenoxy) is 1. The molecule has 0 fully saturated rings. The van der Waals surface area contributed by atoms with E-state index >= 15 is 0 Å². The Bertz CT molecular complexity index is 630. The van der Waals surface area contributed by atoms with E-state index in [0.29, 0.717) is 29.3 Å². The van der Waals surface area contributed by atoms with E-state index in [1.165, 1.54) is 0 Å². The topological polar surface area (TPSA) is 76.4 Å². The van der Waals surface area contributed by atoms with Crippen molar-refractivity contribution in [1.29, 1.82) is 0 Å². The molecule has 2 aromatic rings. The van der Waals surface area contributed by atoms with Crippen molar-refractivity contribution in [3.05, 3.63) is 41.2 Å². The van der Waals surface area contributed by atoms with Crippen molar-refractivity contribution in [3.63, 3.8) is 0 Å². The molecule has 1 aromatic carbocycles. The summed E-state index contributed by atoms with van der Waals surface area (Å²) in [6.45, 7) is 4.12. The molecule has 0 bridgehead atoms. The normalized spacial score (nSPS) is 10.5. The van der Waals surface area contributed by atoms with Gasteiger partial charge in [-0.3, -0.25) is 9.48 Å². The van der Waals surface area contributed by atoms with E-state index in [2.05, 4.69) is 10.4 Å². The van der Waals surface area contributed by atoms with E-state index in [9.17, 15) is 9.90 Å². The molecule has 0 atom stereocenters. The highest BCUT2D eigenvalue weighted by molar-refractivity contribution is 6.03. The van der Waals surface area contributed by atoms with Gasteiger partial charge in [0, 0.05) is 24.0 Å². The fourth-order valence-electron chi connectivity index (χ4n) is 1.94. The van der Waals surface area contributed by atoms with Crippen LogP contribution >= 0.6 is 0 Å². The number of aromatic nitrogens is 2. The molecule has 0 aliphatic heterocycles. The number of aliphatic hydroxyl groups is 1. The van der Waals surface area contributed by atoms with Gasteiger partial charge in [0.05, 0.1) is 13.2 Å². The van der Waals surface area contributed by atoms with Crippen LogP contribution in [-0.2, 0) is 13.7 Å². The lowest BCUT2D eigenvalue weighted by atomic mass is 10.2. The predicted octanol–water partition coefficient (Wildman–Crippen LogP) is 1.87. The van der Waals surface area contributed by atoms with Gasteiger partial charge in [0.2, 0.25) is 0 Å². The lowest BCUT2D eigenvalue weighted by Crippen LogP contribution is -2.13. The van der Waals surface area contributed by atoms with Gasteiger partial charge in [-0.15, -0.1) is 0 Å². The molecule has 0 unspecified atom stereocenters. The number of nitrogens with zero attached hydrogens (tertiary/aromatic N) is 2. The lowest BCUT2D eigenvalue weighted by Gasteiger charge is -2.10. The first-order valence-corrected chi connectivity index (χ1v) is 6.73. The highest BCUT2D eigenvalue weighted by Crippen LogP contribution is 2.23. The number of amides is 1. The highest BCUT2D eigenvalue weighted by atomic mass is 16.5. The van der Waals surface area contributed by atoms with Gasteiger partial charge in [-0.1, -0.05) is 0 Å². The van der Waals surface area contributed by atoms with E-state index in [0.717, 1.165) is 5.69 Å². The molecule has 1 aromatic heterocycles. The summed E-state index contributed by atoms with van der Waals surface area (Å²) in [5.74, 6) is 0.332. The average molecular weight is 289 g/mol. The number of hydrogen-bond acceptors (Lipinski definition) is 4. The smallest absolute Gasteiger partial charge is 0.276 e. The quantitative estimate of drug-likeness (QED) is 0.881. The second kappa shape index (κ2) is 6.41. The van der Waals surface area contributed by atoms with Crippen molar-refractivity contribution in [2.45, 2.75) is 20.5 Å². The molecule has 1 heterocycles. The number of hydrogen-bond donors (Lipinski definition) is 2. The number of aryl methyl sites for hydroxylation is 2. The van der Waals surface area contributed by atoms with Crippen LogP contribution in [0.1, 0.15) is 28.7 Å². The van der Waals surface area contributed by atoms with Crippen LogP contribution in [0, 0.1) is 6.92 Å². The lowest BCUT2D eigenvalue weighted by molar-refractivity contribution is 0.102. The van der Waals surface area contributed by atoms with Crippen molar-refractivity contribution in [2.75, 3.05) is 11.9 Å². The number of benzene rings is 1. The monoisotopic (exact) mass is 289 g/mol. The Hall–Kier alpha value is -2.34. The SMILES string of the molecule is CCOc1ccc(NC(=O)c2cc(C)n(C)n2)cc1CO. The van der Waals surface area contributed by atoms with Crippen LogP contribution in [0.4, 0.5) is 5.69 Å². The Labute approximate surface area is 123 Å². The van der Waals surface area contributed by atoms with Crippen LogP contribution in [0.25, 0.3) is 0 Å². The fraction of sp³-hybridized carbons (Fsp3) is 0.333. The molecule has 21 heavy (non-hydrogen) atoms. The zero-order chi connectivity index (χ0) is 15.4. The van der Waals surface area contributed by atoms with Crippen molar-refractivity contribution in [3.8, 4) is 5.75 Å². The molecule has 0 radical (unpaired) electrons. The van der Waals surface area contributed by atoms with E-state index in [4.69, 9.17) is 4.74 Å². The summed E-state index contributed by atoms with van der Waals surface area (Å²) >= 11 is 0. The van der Waals surface area contributed by atoms with Crippen LogP contribution in [0.2, 0.25) is 0 Å². The number of nitrogens with one attached hydrogen (secondary N) is 1. The van der Waals surface area contributed by atoms with Crippen molar-refractivity contribution in [1.82, 2.24) is 9.78 Å². The minimum atomic E-state index is -0.285. The molecular formula is C15H19N3O3. The van der Waals surface area contributed by atoms with Gasteiger partial charge < -0.3 is 15.2 Å². The largest absolute Gasteiger partial charge is 0.494 e. The zero-order valence-corrected chi connectivity index (χ0v) is 12.4. The van der Waals surface area contributed by atoms with Crippen LogP contribution in [0.15, 0.2) is 24.3 Å². The molecule has 2 rings (SSSR count). The van der Waals surface area contributed by atoms with Gasteiger partial charge in [-0.05, 0) is 38.1 Å². The Morgan fingerprint density at radius 2 is 2.19 bits per heavy atom. The molecule has 6 heteroatoms. The summed E-state index contributed by atoms with van der Waals surface area (Å²) < 4.78 is 7.05. The molecule has 112 valence electrons. The summed E-state index contributed by atoms with van der Waals surface area (Å²) in [6.07, 6.45) is 0. The van der Waals surface area contributed by atoms with Crippen molar-refractivity contribution < 1.29 is 14.6 Å². The van der Waals surface area contributed by atoms with E-state index in [1.54, 1.807) is 36.0 Å². The summed E-state index contributed by atoms with van der Waals surface area (Å²) in [5.41, 5.74) is 2.49. The van der Waals surface area contributed by atoms with Crippen LogP contribution in [-0.4, -0.2) is 27.4 Å². The molecular weight excluding hydrogens is 270 g/mol. The Balaban J connectivity index is 2.17. The third-order valence-electron chi connectivity index (χ3n) is 3.13. The van der Waals surface area contributed by atoms with E-state index in [1.807, 2.05) is 13.8 Å². The van der Waals surface area contributed by atoms with Crippen LogP contribution in [0.5, 0.6) is 5.75 Å². The molecule has 0 saturated carbocycles. The predicted molar refractivity (Wildman–Crippen MR) is 79.4 cm³/mol. The van der Waals surface area contributed by atoms with Gasteiger partial charge in [-0.2, -0.15) is 5.10 Å². The maximum Gasteiger partial charge on any atom is 0.276 e. The summed E-state index contributed by atoms with van der Waals surface area (Å²) in [6, 6.07) is 6.88. The van der Waals surface area contributed by atoms with Crippen molar-refractivity contribution in [2.24, 2.45) is 7.05 Å². The van der Waals surface area contributed by atoms with Gasteiger partial charge in [-0.25, -0.2) is 0 Å². The number of rotatable bonds is 5. The number of anilines is 1. The molecule has 1 amide bonds. The maximum atomic E-state index is 12.1. The Morgan fingerprint density at radius 1 is 1.43 bits per heavy atom. The Kier molecular flexibility index (Phi) is 4.59. The number of carbonyl (C=O) groups excluding carboxylic acids is 1. The third kappa shape index (κ3) is 3.41. The number of carbonyl (C=O) groups is 1. The van der Waals surface area contributed by atoms with Gasteiger partial charge in [0.25, 0.3) is 5.91 Å². The average Bonchev–Trinajstić information content (AvgIpc) is 2.80. The minimum Gasteiger partial charge on any atom is -0.494 e. The van der Waals surface area contributed by atoms with E-state index in [-0.39, 0.29) is 12.5 Å². The highest BCUT2D eigenvalue weighted by Gasteiger charge is 2.12. The summed E-state index contributed by atoms with van der Waals surface area (Å²) in [5, 5.41) is 16.2. The van der Waals surface area contributed by atoms with Crippen LogP contribution in [0.3, 0.4) is 0 Å². The first-order valence-electron chi connectivity index (χ1n) is 6.73. The minimum absolute atomic E-state index is 0.151. The third-order valence-corrected chi connectivity index (χ3v) is 3.13. The summed E-state index contributed by atoms with van der Waals surface area (Å²) in [7, 11) is 1.78. The molecule has 0 spiro atoms. The maximum absolute atomic E-state index is 12.1. The molecule has 0 aliphatic carbocycles. The number of aliphatic hydroxyl groups excluding tert-OH is 1. The van der Waals surface area contributed by atoms with Gasteiger partial charge in [0.1, 0.15) is 5.75 Å². The second-order valence-corrected chi connectivity index (χ2v) is 4.66. The molecule has 2 N–H and O–H groups in total. The van der Waals surface area contributed by atoms with E-state index < -0.39 is 0 Å². The molecule has 0 aliphatic rings. The van der Waals surface area contributed by atoms with Crippen molar-refractivity contribution >= 4 is 11.6 Å². The van der Waals surface area contributed by atoms with Gasteiger partial charge in [0.15, 0.2) is 5.69 Å². The molecule has 6 nitrogen and oxygen atoms in total. The first-order chi connectivity index (χ1) is 10.0. The fourth-order valence-corrected chi connectivity index (χ4v) is 1.94. The Morgan fingerprint density at radius 3 is 2.76 bits per heavy atom. The zero-order valence-electron chi connectivity index (χ0n) is 12.4.